The van der Waals surface area contributed by atoms with E-state index >= 15 is 0 Å². The molecule has 1 atom stereocenters. The molecule has 0 unspecified atom stereocenters. The summed E-state index contributed by atoms with van der Waals surface area (Å²) in [6, 6.07) is 10.5. The summed E-state index contributed by atoms with van der Waals surface area (Å²) >= 11 is 1.25. The van der Waals surface area contributed by atoms with Crippen LogP contribution in [0.1, 0.15) is 28.2 Å². The monoisotopic (exact) mass is 553 g/mol. The maximum Gasteiger partial charge on any atom is 0.332 e. The highest BCUT2D eigenvalue weighted by molar-refractivity contribution is 7.21. The summed E-state index contributed by atoms with van der Waals surface area (Å²) in [6.45, 7) is 11.1. The minimum absolute atomic E-state index is 0.0480. The molecule has 0 bridgehead atoms. The van der Waals surface area contributed by atoms with Gasteiger partial charge in [0.2, 0.25) is 5.88 Å². The molecule has 11 heteroatoms. The number of pyridine rings is 1. The van der Waals surface area contributed by atoms with Crippen molar-refractivity contribution in [3.8, 4) is 11.6 Å². The lowest BCUT2D eigenvalue weighted by Gasteiger charge is -2.35. The summed E-state index contributed by atoms with van der Waals surface area (Å²) in [4.78, 5) is 45.1. The first-order valence-electron chi connectivity index (χ1n) is 12.9. The van der Waals surface area contributed by atoms with E-state index < -0.39 is 6.03 Å². The summed E-state index contributed by atoms with van der Waals surface area (Å²) < 4.78 is 5.80. The van der Waals surface area contributed by atoms with Gasteiger partial charge in [0, 0.05) is 31.0 Å². The zero-order valence-corrected chi connectivity index (χ0v) is 22.7. The van der Waals surface area contributed by atoms with E-state index in [1.54, 1.807) is 25.3 Å². The summed E-state index contributed by atoms with van der Waals surface area (Å²) in [5, 5.41) is 6.75. The molecule has 3 amide bonds. The Morgan fingerprint density at radius 2 is 2.08 bits per heavy atom. The van der Waals surface area contributed by atoms with Crippen LogP contribution in [0.5, 0.6) is 11.6 Å². The average molecular weight is 554 g/mol. The van der Waals surface area contributed by atoms with E-state index in [4.69, 9.17) is 4.74 Å². The van der Waals surface area contributed by atoms with Crippen molar-refractivity contribution in [3.63, 3.8) is 0 Å². The van der Waals surface area contributed by atoms with Crippen molar-refractivity contribution >= 4 is 50.7 Å². The number of hydrogen-bond acceptors (Lipinski definition) is 8. The predicted octanol–water partition coefficient (Wildman–Crippen LogP) is 5.76. The zero-order valence-electron chi connectivity index (χ0n) is 21.9. The number of carbonyl (C=O) groups is 2. The van der Waals surface area contributed by atoms with Gasteiger partial charge in [0.15, 0.2) is 5.82 Å². The van der Waals surface area contributed by atoms with Crippen molar-refractivity contribution in [3.05, 3.63) is 84.3 Å². The SMILES string of the molecule is C=CC(=C)N1CCC[C@@H](NC(=O)c2sc3nccc4c3c2NC(=O)N4c2ncc(Oc3ccccc3)nc2C)C1. The minimum atomic E-state index is -0.437. The molecule has 202 valence electrons. The quantitative estimate of drug-likeness (QED) is 0.280. The average Bonchev–Trinajstić information content (AvgIpc) is 3.33. The number of urea groups is 1. The second kappa shape index (κ2) is 10.4. The normalized spacial score (nSPS) is 16.4. The summed E-state index contributed by atoms with van der Waals surface area (Å²) in [5.41, 5.74) is 2.39. The molecule has 2 aliphatic heterocycles. The molecular weight excluding hydrogens is 526 g/mol. The van der Waals surface area contributed by atoms with Gasteiger partial charge in [-0.05, 0) is 44.0 Å². The largest absolute Gasteiger partial charge is 0.437 e. The number of anilines is 3. The minimum Gasteiger partial charge on any atom is -0.437 e. The van der Waals surface area contributed by atoms with Crippen LogP contribution in [-0.4, -0.2) is 50.9 Å². The Morgan fingerprint density at radius 1 is 1.25 bits per heavy atom. The summed E-state index contributed by atoms with van der Waals surface area (Å²) in [5.74, 6) is 1.07. The Labute approximate surface area is 235 Å². The molecule has 1 aromatic carbocycles. The highest BCUT2D eigenvalue weighted by Crippen LogP contribution is 2.45. The van der Waals surface area contributed by atoms with E-state index in [1.807, 2.05) is 30.3 Å². The second-order valence-electron chi connectivity index (χ2n) is 9.57. The van der Waals surface area contributed by atoms with Gasteiger partial charge in [0.25, 0.3) is 5.91 Å². The van der Waals surface area contributed by atoms with Crippen molar-refractivity contribution in [1.29, 1.82) is 0 Å². The molecule has 2 aliphatic rings. The third-order valence-electron chi connectivity index (χ3n) is 6.93. The van der Waals surface area contributed by atoms with Gasteiger partial charge in [-0.15, -0.1) is 11.3 Å². The Balaban J connectivity index is 1.29. The molecule has 2 N–H and O–H groups in total. The number of amides is 3. The van der Waals surface area contributed by atoms with E-state index in [0.717, 1.165) is 25.1 Å². The third kappa shape index (κ3) is 4.64. The van der Waals surface area contributed by atoms with Crippen molar-refractivity contribution in [2.75, 3.05) is 23.3 Å². The van der Waals surface area contributed by atoms with E-state index in [0.29, 0.717) is 56.2 Å². The molecule has 0 saturated carbocycles. The number of carbonyl (C=O) groups excluding carboxylic acids is 2. The number of ether oxygens (including phenoxy) is 1. The first-order valence-corrected chi connectivity index (χ1v) is 13.7. The molecule has 1 fully saturated rings. The van der Waals surface area contributed by atoms with Crippen LogP contribution in [0.25, 0.3) is 10.2 Å². The third-order valence-corrected chi connectivity index (χ3v) is 8.02. The molecule has 0 radical (unpaired) electrons. The summed E-state index contributed by atoms with van der Waals surface area (Å²) in [6.07, 6.45) is 6.63. The molecule has 3 aromatic heterocycles. The Hall–Kier alpha value is -4.77. The van der Waals surface area contributed by atoms with E-state index in [9.17, 15) is 9.59 Å². The molecule has 6 rings (SSSR count). The van der Waals surface area contributed by atoms with Crippen LogP contribution in [0.15, 0.2) is 73.7 Å². The Morgan fingerprint density at radius 3 is 2.85 bits per heavy atom. The van der Waals surface area contributed by atoms with Crippen molar-refractivity contribution in [2.24, 2.45) is 0 Å². The number of allylic oxidation sites excluding steroid dienone is 1. The van der Waals surface area contributed by atoms with Crippen molar-refractivity contribution < 1.29 is 14.3 Å². The maximum atomic E-state index is 13.5. The van der Waals surface area contributed by atoms with Gasteiger partial charge in [-0.2, -0.15) is 0 Å². The highest BCUT2D eigenvalue weighted by Gasteiger charge is 2.35. The van der Waals surface area contributed by atoms with Gasteiger partial charge in [0.1, 0.15) is 15.5 Å². The van der Waals surface area contributed by atoms with Gasteiger partial charge >= 0.3 is 6.03 Å². The summed E-state index contributed by atoms with van der Waals surface area (Å²) in [7, 11) is 0. The van der Waals surface area contributed by atoms with E-state index in [1.165, 1.54) is 22.4 Å². The van der Waals surface area contributed by atoms with Gasteiger partial charge in [-0.3, -0.25) is 4.79 Å². The molecule has 4 aromatic rings. The topological polar surface area (TPSA) is 113 Å². The number of aromatic nitrogens is 3. The van der Waals surface area contributed by atoms with Gasteiger partial charge in [-0.25, -0.2) is 24.6 Å². The molecule has 10 nitrogen and oxygen atoms in total. The second-order valence-corrected chi connectivity index (χ2v) is 10.6. The van der Waals surface area contributed by atoms with Crippen LogP contribution in [0.4, 0.5) is 22.0 Å². The number of nitrogens with zero attached hydrogens (tertiary/aromatic N) is 5. The number of thiophene rings is 1. The number of likely N-dealkylation sites (tertiary alicyclic amines) is 1. The highest BCUT2D eigenvalue weighted by atomic mass is 32.1. The zero-order chi connectivity index (χ0) is 27.8. The van der Waals surface area contributed by atoms with Crippen molar-refractivity contribution in [2.45, 2.75) is 25.8 Å². The van der Waals surface area contributed by atoms with Crippen LogP contribution in [0.3, 0.4) is 0 Å². The number of nitrogens with one attached hydrogen (secondary N) is 2. The van der Waals surface area contributed by atoms with Gasteiger partial charge < -0.3 is 20.3 Å². The standard InChI is InChI=1S/C29H27N7O3S/c1-4-17(2)35-14-8-9-19(16-35)33-27(37)25-24-23-21(12-13-30-28(23)40-25)36(29(38)34-24)26-18(3)32-22(15-31-26)39-20-10-6-5-7-11-20/h4-7,10-13,15,19H,1-2,8-9,14,16H2,3H3,(H,33,37)(H,34,38)/t19-/m1/s1. The van der Waals surface area contributed by atoms with Gasteiger partial charge in [-0.1, -0.05) is 31.4 Å². The first-order chi connectivity index (χ1) is 19.4. The number of aryl methyl sites for hydroxylation is 1. The number of rotatable bonds is 7. The smallest absolute Gasteiger partial charge is 0.332 e. The number of para-hydroxylation sites is 1. The van der Waals surface area contributed by atoms with E-state index in [-0.39, 0.29) is 11.9 Å². The fraction of sp³-hybridized carbons (Fsp3) is 0.207. The van der Waals surface area contributed by atoms with Crippen LogP contribution in [-0.2, 0) is 0 Å². The molecule has 0 aliphatic carbocycles. The van der Waals surface area contributed by atoms with Crippen LogP contribution < -0.4 is 20.3 Å². The molecule has 0 spiro atoms. The van der Waals surface area contributed by atoms with Crippen LogP contribution >= 0.6 is 11.3 Å². The Kier molecular flexibility index (Phi) is 6.64. The molecule has 40 heavy (non-hydrogen) atoms. The molecular formula is C29H27N7O3S. The fourth-order valence-corrected chi connectivity index (χ4v) is 6.04. The first kappa shape index (κ1) is 25.5. The van der Waals surface area contributed by atoms with Gasteiger partial charge in [0.05, 0.1) is 28.7 Å². The van der Waals surface area contributed by atoms with Crippen LogP contribution in [0, 0.1) is 6.92 Å². The lowest BCUT2D eigenvalue weighted by Crippen LogP contribution is -2.47. The number of benzene rings is 1. The molecule has 1 saturated heterocycles. The fourth-order valence-electron chi connectivity index (χ4n) is 5.02. The maximum absolute atomic E-state index is 13.5. The lowest BCUT2D eigenvalue weighted by molar-refractivity contribution is 0.0920. The number of piperidine rings is 1. The van der Waals surface area contributed by atoms with E-state index in [2.05, 4.69) is 43.6 Å². The lowest BCUT2D eigenvalue weighted by atomic mass is 10.0. The predicted molar refractivity (Wildman–Crippen MR) is 155 cm³/mol. The van der Waals surface area contributed by atoms with Crippen molar-refractivity contribution in [1.82, 2.24) is 25.2 Å². The van der Waals surface area contributed by atoms with Crippen LogP contribution in [0.2, 0.25) is 0 Å². The molecule has 5 heterocycles. The number of hydrogen-bond donors (Lipinski definition) is 2. The Bertz CT molecular complexity index is 1650.